The van der Waals surface area contributed by atoms with Crippen LogP contribution < -0.4 is 15.9 Å². The van der Waals surface area contributed by atoms with Crippen molar-refractivity contribution in [2.75, 3.05) is 0 Å². The fourth-order valence-corrected chi connectivity index (χ4v) is 5.18. The summed E-state index contributed by atoms with van der Waals surface area (Å²) >= 11 is 0. The van der Waals surface area contributed by atoms with Gasteiger partial charge in [-0.1, -0.05) is 131 Å². The van der Waals surface area contributed by atoms with Crippen LogP contribution in [0, 0.1) is 5.92 Å². The van der Waals surface area contributed by atoms with Crippen molar-refractivity contribution in [3.8, 4) is 0 Å². The molecule has 0 aliphatic carbocycles. The monoisotopic (exact) mass is 362 g/mol. The first-order chi connectivity index (χ1) is 12.8. The molecule has 1 unspecified atom stereocenters. The molecule has 0 aromatic heterocycles. The molecule has 0 aliphatic rings. The van der Waals surface area contributed by atoms with Crippen molar-refractivity contribution in [3.63, 3.8) is 0 Å². The Bertz CT molecular complexity index is 613. The molecule has 3 aromatic carbocycles. The Morgan fingerprint density at radius 1 is 0.615 bits per heavy atom. The predicted molar refractivity (Wildman–Crippen MR) is 120 cm³/mol. The van der Waals surface area contributed by atoms with E-state index in [0.29, 0.717) is 0 Å². The van der Waals surface area contributed by atoms with Crippen LogP contribution in [0.1, 0.15) is 40.0 Å². The Morgan fingerprint density at radius 2 is 0.962 bits per heavy atom. The second kappa shape index (κ2) is 11.7. The van der Waals surface area contributed by atoms with Gasteiger partial charge in [-0.25, -0.2) is 0 Å². The van der Waals surface area contributed by atoms with Crippen LogP contribution in [0.5, 0.6) is 0 Å². The summed E-state index contributed by atoms with van der Waals surface area (Å²) < 4.78 is 0. The number of hydrogen-bond donors (Lipinski definition) is 0. The van der Waals surface area contributed by atoms with Gasteiger partial charge in [-0.2, -0.15) is 0 Å². The zero-order valence-electron chi connectivity index (χ0n) is 16.3. The Kier molecular flexibility index (Phi) is 9.15. The van der Waals surface area contributed by atoms with Gasteiger partial charge < -0.3 is 0 Å². The molecule has 0 saturated carbocycles. The van der Waals surface area contributed by atoms with Gasteiger partial charge >= 0.3 is 0 Å². The maximum absolute atomic E-state index is 2.31. The summed E-state index contributed by atoms with van der Waals surface area (Å²) in [6.45, 7) is 6.80. The van der Waals surface area contributed by atoms with Crippen LogP contribution in [-0.4, -0.2) is 0 Å². The summed E-state index contributed by atoms with van der Waals surface area (Å²) in [5.74, 6) is 0.949. The minimum atomic E-state index is -0.446. The average Bonchev–Trinajstić information content (AvgIpc) is 2.71. The molecule has 0 saturated heterocycles. The van der Waals surface area contributed by atoms with Gasteiger partial charge in [0.15, 0.2) is 0 Å². The Hall–Kier alpha value is -1.91. The lowest BCUT2D eigenvalue weighted by Crippen LogP contribution is -2.20. The first-order valence-corrected chi connectivity index (χ1v) is 11.1. The highest BCUT2D eigenvalue weighted by Gasteiger charge is 2.14. The van der Waals surface area contributed by atoms with Crippen LogP contribution in [0.3, 0.4) is 0 Å². The number of rotatable bonds is 6. The van der Waals surface area contributed by atoms with Crippen molar-refractivity contribution >= 4 is 23.8 Å². The first kappa shape index (κ1) is 20.4. The van der Waals surface area contributed by atoms with Crippen molar-refractivity contribution < 1.29 is 0 Å². The van der Waals surface area contributed by atoms with Crippen LogP contribution in [-0.2, 0) is 0 Å². The summed E-state index contributed by atoms with van der Waals surface area (Å²) in [5.41, 5.74) is 0. The third kappa shape index (κ3) is 6.43. The number of benzene rings is 3. The SMILES string of the molecule is CCCC(C)CC.c1ccc(P(c2ccccc2)c2ccccc2)cc1. The molecule has 0 fully saturated rings. The zero-order chi connectivity index (χ0) is 18.6. The third-order valence-electron chi connectivity index (χ3n) is 4.52. The maximum atomic E-state index is 2.31. The summed E-state index contributed by atoms with van der Waals surface area (Å²) in [6.07, 6.45) is 4.08. The quantitative estimate of drug-likeness (QED) is 0.453. The van der Waals surface area contributed by atoms with E-state index in [4.69, 9.17) is 0 Å². The van der Waals surface area contributed by atoms with Gasteiger partial charge in [-0.3, -0.25) is 0 Å². The summed E-state index contributed by atoms with van der Waals surface area (Å²) in [5, 5.41) is 4.19. The molecule has 26 heavy (non-hydrogen) atoms. The van der Waals surface area contributed by atoms with Crippen molar-refractivity contribution in [1.29, 1.82) is 0 Å². The van der Waals surface area contributed by atoms with Crippen molar-refractivity contribution in [2.24, 2.45) is 5.92 Å². The largest absolute Gasteiger partial charge is 0.0654 e. The van der Waals surface area contributed by atoms with E-state index < -0.39 is 7.92 Å². The summed E-state index contributed by atoms with van der Waals surface area (Å²) in [4.78, 5) is 0. The Labute approximate surface area is 161 Å². The van der Waals surface area contributed by atoms with Crippen molar-refractivity contribution in [1.82, 2.24) is 0 Å². The smallest absolute Gasteiger partial charge is 0.0134 e. The molecule has 0 radical (unpaired) electrons. The van der Waals surface area contributed by atoms with E-state index in [1.54, 1.807) is 0 Å². The van der Waals surface area contributed by atoms with Gasteiger partial charge in [0.2, 0.25) is 0 Å². The van der Waals surface area contributed by atoms with Crippen LogP contribution in [0.2, 0.25) is 0 Å². The molecule has 0 heterocycles. The van der Waals surface area contributed by atoms with Gasteiger partial charge in [-0.05, 0) is 29.8 Å². The van der Waals surface area contributed by atoms with Crippen LogP contribution in [0.25, 0.3) is 0 Å². The highest BCUT2D eigenvalue weighted by atomic mass is 31.1. The Balaban J connectivity index is 0.000000298. The van der Waals surface area contributed by atoms with Crippen LogP contribution in [0.4, 0.5) is 0 Å². The third-order valence-corrected chi connectivity index (χ3v) is 6.97. The molecule has 1 heteroatoms. The van der Waals surface area contributed by atoms with E-state index in [9.17, 15) is 0 Å². The molecular formula is C25H31P. The molecule has 0 bridgehead atoms. The Morgan fingerprint density at radius 3 is 1.19 bits per heavy atom. The van der Waals surface area contributed by atoms with Gasteiger partial charge in [0.05, 0.1) is 0 Å². The molecular weight excluding hydrogens is 331 g/mol. The number of hydrogen-bond acceptors (Lipinski definition) is 0. The van der Waals surface area contributed by atoms with Gasteiger partial charge in [0.25, 0.3) is 0 Å². The lowest BCUT2D eigenvalue weighted by Gasteiger charge is -2.18. The lowest BCUT2D eigenvalue weighted by molar-refractivity contribution is 0.509. The van der Waals surface area contributed by atoms with Gasteiger partial charge in [-0.15, -0.1) is 0 Å². The molecule has 1 atom stereocenters. The van der Waals surface area contributed by atoms with E-state index in [0.717, 1.165) is 5.92 Å². The fourth-order valence-electron chi connectivity index (χ4n) is 2.88. The summed E-state index contributed by atoms with van der Waals surface area (Å²) in [6, 6.07) is 32.3. The molecule has 0 nitrogen and oxygen atoms in total. The first-order valence-electron chi connectivity index (χ1n) is 9.71. The minimum absolute atomic E-state index is 0.446. The molecule has 0 spiro atoms. The highest BCUT2D eigenvalue weighted by Crippen LogP contribution is 2.32. The van der Waals surface area contributed by atoms with Crippen molar-refractivity contribution in [3.05, 3.63) is 91.0 Å². The molecule has 136 valence electrons. The average molecular weight is 362 g/mol. The van der Waals surface area contributed by atoms with E-state index in [1.807, 2.05) is 0 Å². The van der Waals surface area contributed by atoms with E-state index in [2.05, 4.69) is 112 Å². The second-order valence-corrected chi connectivity index (χ2v) is 8.86. The second-order valence-electron chi connectivity index (χ2n) is 6.64. The zero-order valence-corrected chi connectivity index (χ0v) is 17.2. The summed E-state index contributed by atoms with van der Waals surface area (Å²) in [7, 11) is -0.446. The van der Waals surface area contributed by atoms with E-state index in [1.165, 1.54) is 35.2 Å². The standard InChI is InChI=1S/C18H15P.C7H16/c1-4-10-16(11-5-1)19(17-12-6-2-7-13-17)18-14-8-3-9-15-18;1-4-6-7(3)5-2/h1-15H;7H,4-6H2,1-3H3. The van der Waals surface area contributed by atoms with E-state index >= 15 is 0 Å². The van der Waals surface area contributed by atoms with E-state index in [-0.39, 0.29) is 0 Å². The van der Waals surface area contributed by atoms with Crippen LogP contribution in [0.15, 0.2) is 91.0 Å². The fraction of sp³-hybridized carbons (Fsp3) is 0.280. The topological polar surface area (TPSA) is 0 Å². The molecule has 0 amide bonds. The molecule has 0 aliphatic heterocycles. The van der Waals surface area contributed by atoms with Gasteiger partial charge in [0.1, 0.15) is 0 Å². The predicted octanol–water partition coefficient (Wildman–Crippen LogP) is 6.28. The van der Waals surface area contributed by atoms with Crippen molar-refractivity contribution in [2.45, 2.75) is 40.0 Å². The van der Waals surface area contributed by atoms with Gasteiger partial charge in [0, 0.05) is 0 Å². The molecule has 3 rings (SSSR count). The lowest BCUT2D eigenvalue weighted by atomic mass is 10.0. The maximum Gasteiger partial charge on any atom is -0.0134 e. The molecule has 3 aromatic rings. The van der Waals surface area contributed by atoms with Crippen LogP contribution >= 0.6 is 7.92 Å². The minimum Gasteiger partial charge on any atom is -0.0654 e. The molecule has 0 N–H and O–H groups in total. The normalized spacial score (nSPS) is 11.5. The highest BCUT2D eigenvalue weighted by molar-refractivity contribution is 7.79.